The summed E-state index contributed by atoms with van der Waals surface area (Å²) in [6, 6.07) is 8.20. The molecule has 0 amide bonds. The van der Waals surface area contributed by atoms with Crippen LogP contribution in [0.1, 0.15) is 44.2 Å². The van der Waals surface area contributed by atoms with Crippen molar-refractivity contribution in [2.75, 3.05) is 12.4 Å². The molecule has 0 radical (unpaired) electrons. The van der Waals surface area contributed by atoms with Crippen molar-refractivity contribution in [3.63, 3.8) is 0 Å². The number of rotatable bonds is 6. The largest absolute Gasteiger partial charge is 0.439 e. The van der Waals surface area contributed by atoms with E-state index in [4.69, 9.17) is 4.74 Å². The van der Waals surface area contributed by atoms with E-state index >= 15 is 0 Å². The molecule has 1 aromatic heterocycles. The lowest BCUT2D eigenvalue weighted by molar-refractivity contribution is 0.451. The lowest BCUT2D eigenvalue weighted by Crippen LogP contribution is -2.04. The van der Waals surface area contributed by atoms with Crippen LogP contribution in [0.25, 0.3) is 0 Å². The zero-order valence-corrected chi connectivity index (χ0v) is 13.2. The number of ether oxygens (including phenoxy) is 1. The third-order valence-corrected chi connectivity index (χ3v) is 3.34. The Balaban J connectivity index is 2.26. The maximum Gasteiger partial charge on any atom is 0.227 e. The summed E-state index contributed by atoms with van der Waals surface area (Å²) in [4.78, 5) is 8.55. The zero-order valence-electron chi connectivity index (χ0n) is 13.2. The van der Waals surface area contributed by atoms with Gasteiger partial charge in [0.25, 0.3) is 0 Å². The van der Waals surface area contributed by atoms with Crippen LogP contribution >= 0.6 is 0 Å². The topological polar surface area (TPSA) is 47.0 Å². The maximum atomic E-state index is 5.96. The van der Waals surface area contributed by atoms with Crippen molar-refractivity contribution >= 4 is 5.82 Å². The van der Waals surface area contributed by atoms with Crippen molar-refractivity contribution in [1.82, 2.24) is 9.97 Å². The predicted molar refractivity (Wildman–Crippen MR) is 86.2 cm³/mol. The molecular weight excluding hydrogens is 262 g/mol. The van der Waals surface area contributed by atoms with E-state index in [0.29, 0.717) is 5.88 Å². The van der Waals surface area contributed by atoms with E-state index in [1.54, 1.807) is 0 Å². The maximum absolute atomic E-state index is 5.96. The van der Waals surface area contributed by atoms with Gasteiger partial charge in [0.05, 0.1) is 5.56 Å². The lowest BCUT2D eigenvalue weighted by atomic mass is 10.1. The van der Waals surface area contributed by atoms with Crippen LogP contribution in [0.5, 0.6) is 11.6 Å². The van der Waals surface area contributed by atoms with E-state index in [9.17, 15) is 0 Å². The molecule has 1 heterocycles. The second kappa shape index (κ2) is 7.07. The first-order chi connectivity index (χ1) is 10.2. The minimum absolute atomic E-state index is 0.281. The third-order valence-electron chi connectivity index (χ3n) is 3.34. The zero-order chi connectivity index (χ0) is 15.2. The first-order valence-corrected chi connectivity index (χ1v) is 7.45. The lowest BCUT2D eigenvalue weighted by Gasteiger charge is -2.15. The van der Waals surface area contributed by atoms with Crippen molar-refractivity contribution < 1.29 is 4.74 Å². The number of hydrogen-bond donors (Lipinski definition) is 1. The molecule has 0 aliphatic heterocycles. The average molecular weight is 285 g/mol. The fourth-order valence-corrected chi connectivity index (χ4v) is 2.30. The summed E-state index contributed by atoms with van der Waals surface area (Å²) in [5.74, 6) is 2.52. The van der Waals surface area contributed by atoms with Gasteiger partial charge in [-0.15, -0.1) is 0 Å². The summed E-state index contributed by atoms with van der Waals surface area (Å²) in [6.45, 7) is 6.40. The fraction of sp³-hybridized carbons (Fsp3) is 0.412. The fourth-order valence-electron chi connectivity index (χ4n) is 2.30. The SMILES string of the molecule is CCCc1ccc(Oc2ncnc(NC)c2C(C)C)cc1. The van der Waals surface area contributed by atoms with E-state index in [1.807, 2.05) is 19.2 Å². The van der Waals surface area contributed by atoms with E-state index < -0.39 is 0 Å². The molecule has 1 N–H and O–H groups in total. The number of anilines is 1. The Morgan fingerprint density at radius 1 is 1.14 bits per heavy atom. The molecule has 2 aromatic rings. The summed E-state index contributed by atoms with van der Waals surface area (Å²) in [5.41, 5.74) is 2.32. The highest BCUT2D eigenvalue weighted by Gasteiger charge is 2.16. The Kier molecular flexibility index (Phi) is 5.14. The quantitative estimate of drug-likeness (QED) is 0.855. The second-order valence-corrected chi connectivity index (χ2v) is 5.34. The molecule has 1 aromatic carbocycles. The van der Waals surface area contributed by atoms with Crippen molar-refractivity contribution in [1.29, 1.82) is 0 Å². The number of aryl methyl sites for hydroxylation is 1. The summed E-state index contributed by atoms with van der Waals surface area (Å²) < 4.78 is 5.96. The van der Waals surface area contributed by atoms with E-state index in [1.165, 1.54) is 11.9 Å². The molecule has 0 fully saturated rings. The predicted octanol–water partition coefficient (Wildman–Crippen LogP) is 4.39. The highest BCUT2D eigenvalue weighted by atomic mass is 16.5. The van der Waals surface area contributed by atoms with Crippen LogP contribution in [0.3, 0.4) is 0 Å². The van der Waals surface area contributed by atoms with Crippen molar-refractivity contribution in [3.05, 3.63) is 41.7 Å². The minimum Gasteiger partial charge on any atom is -0.439 e. The normalized spacial score (nSPS) is 10.7. The average Bonchev–Trinajstić information content (AvgIpc) is 2.49. The molecule has 0 unspecified atom stereocenters. The van der Waals surface area contributed by atoms with Gasteiger partial charge in [-0.1, -0.05) is 39.3 Å². The Bertz CT molecular complexity index is 579. The number of nitrogens with zero attached hydrogens (tertiary/aromatic N) is 2. The molecule has 0 spiro atoms. The van der Waals surface area contributed by atoms with Gasteiger partial charge in [0.15, 0.2) is 0 Å². The van der Waals surface area contributed by atoms with Crippen LogP contribution in [0, 0.1) is 0 Å². The van der Waals surface area contributed by atoms with Crippen LogP contribution in [0.2, 0.25) is 0 Å². The first-order valence-electron chi connectivity index (χ1n) is 7.45. The van der Waals surface area contributed by atoms with Crippen molar-refractivity contribution in [3.8, 4) is 11.6 Å². The molecule has 0 saturated carbocycles. The molecule has 4 heteroatoms. The number of nitrogens with one attached hydrogen (secondary N) is 1. The van der Waals surface area contributed by atoms with Gasteiger partial charge in [-0.2, -0.15) is 0 Å². The van der Waals surface area contributed by atoms with Gasteiger partial charge >= 0.3 is 0 Å². The molecule has 0 aliphatic carbocycles. The standard InChI is InChI=1S/C17H23N3O/c1-5-6-13-7-9-14(10-8-13)21-17-15(12(2)3)16(18-4)19-11-20-17/h7-12H,5-6H2,1-4H3,(H,18,19,20). The van der Waals surface area contributed by atoms with Gasteiger partial charge in [-0.3, -0.25) is 0 Å². The highest BCUT2D eigenvalue weighted by molar-refractivity contribution is 5.51. The first kappa shape index (κ1) is 15.3. The Labute approximate surface area is 126 Å². The smallest absolute Gasteiger partial charge is 0.227 e. The van der Waals surface area contributed by atoms with Crippen molar-refractivity contribution in [2.24, 2.45) is 0 Å². The summed E-state index contributed by atoms with van der Waals surface area (Å²) in [5, 5.41) is 3.10. The number of benzene rings is 1. The van der Waals surface area contributed by atoms with Gasteiger partial charge in [0, 0.05) is 7.05 Å². The Morgan fingerprint density at radius 2 is 1.86 bits per heavy atom. The number of hydrogen-bond acceptors (Lipinski definition) is 4. The monoisotopic (exact) mass is 285 g/mol. The molecule has 112 valence electrons. The van der Waals surface area contributed by atoms with E-state index in [0.717, 1.165) is 30.0 Å². The van der Waals surface area contributed by atoms with Gasteiger partial charge in [0.2, 0.25) is 5.88 Å². The third kappa shape index (κ3) is 3.72. The van der Waals surface area contributed by atoms with Crippen molar-refractivity contribution in [2.45, 2.75) is 39.5 Å². The molecule has 0 bridgehead atoms. The van der Waals surface area contributed by atoms with Gasteiger partial charge in [-0.05, 0) is 30.0 Å². The number of aromatic nitrogens is 2. The molecule has 4 nitrogen and oxygen atoms in total. The minimum atomic E-state index is 0.281. The molecular formula is C17H23N3O. The van der Waals surface area contributed by atoms with Gasteiger partial charge in [-0.25, -0.2) is 9.97 Å². The molecule has 0 saturated heterocycles. The summed E-state index contributed by atoms with van der Waals surface area (Å²) in [6.07, 6.45) is 3.77. The Morgan fingerprint density at radius 3 is 2.43 bits per heavy atom. The molecule has 0 atom stereocenters. The second-order valence-electron chi connectivity index (χ2n) is 5.34. The summed E-state index contributed by atoms with van der Waals surface area (Å²) >= 11 is 0. The van der Waals surface area contributed by atoms with Crippen LogP contribution < -0.4 is 10.1 Å². The van der Waals surface area contributed by atoms with Gasteiger partial charge in [0.1, 0.15) is 17.9 Å². The van der Waals surface area contributed by atoms with Gasteiger partial charge < -0.3 is 10.1 Å². The van der Waals surface area contributed by atoms with Crippen LogP contribution in [-0.4, -0.2) is 17.0 Å². The molecule has 0 aliphatic rings. The van der Waals surface area contributed by atoms with Crippen LogP contribution in [-0.2, 0) is 6.42 Å². The van der Waals surface area contributed by atoms with E-state index in [2.05, 4.69) is 48.2 Å². The Hall–Kier alpha value is -2.10. The molecule has 2 rings (SSSR count). The highest BCUT2D eigenvalue weighted by Crippen LogP contribution is 2.32. The van der Waals surface area contributed by atoms with Crippen LogP contribution in [0.15, 0.2) is 30.6 Å². The summed E-state index contributed by atoms with van der Waals surface area (Å²) in [7, 11) is 1.86. The molecule has 21 heavy (non-hydrogen) atoms. The van der Waals surface area contributed by atoms with E-state index in [-0.39, 0.29) is 5.92 Å². The van der Waals surface area contributed by atoms with Crippen LogP contribution in [0.4, 0.5) is 5.82 Å².